The second-order valence-electron chi connectivity index (χ2n) is 4.64. The Balaban J connectivity index is 2.16. The van der Waals surface area contributed by atoms with E-state index in [0.29, 0.717) is 22.9 Å². The maximum absolute atomic E-state index is 12.5. The lowest BCUT2D eigenvalue weighted by atomic mass is 10.2. The van der Waals surface area contributed by atoms with Crippen LogP contribution in [0.3, 0.4) is 0 Å². The number of halogens is 1. The van der Waals surface area contributed by atoms with E-state index in [1.807, 2.05) is 6.92 Å². The quantitative estimate of drug-likeness (QED) is 0.625. The number of carbonyl (C=O) groups is 1. The number of nitrogens with one attached hydrogen (secondary N) is 1. The van der Waals surface area contributed by atoms with Gasteiger partial charge in [-0.3, -0.25) is 4.79 Å². The molecule has 0 bridgehead atoms. The molecular formula is C14H16ClN3O4S. The van der Waals surface area contributed by atoms with Crippen LogP contribution in [0.2, 0.25) is 5.02 Å². The summed E-state index contributed by atoms with van der Waals surface area (Å²) in [6.07, 6.45) is 0.518. The van der Waals surface area contributed by atoms with E-state index in [4.69, 9.17) is 16.3 Å². The number of anilines is 1. The van der Waals surface area contributed by atoms with Crippen molar-refractivity contribution in [2.24, 2.45) is 7.05 Å². The fourth-order valence-electron chi connectivity index (χ4n) is 1.88. The highest BCUT2D eigenvalue weighted by molar-refractivity contribution is 8.00. The highest BCUT2D eigenvalue weighted by Gasteiger charge is 2.26. The van der Waals surface area contributed by atoms with E-state index in [1.165, 1.54) is 11.8 Å². The van der Waals surface area contributed by atoms with Gasteiger partial charge in [0.25, 0.3) is 5.03 Å². The molecule has 1 atom stereocenters. The predicted octanol–water partition coefficient (Wildman–Crippen LogP) is 1.74. The summed E-state index contributed by atoms with van der Waals surface area (Å²) in [5.74, 6) is -0.328. The number of carbonyl (C=O) groups excluding carboxylic acids is 1. The Morgan fingerprint density at radius 3 is 2.91 bits per heavy atom. The molecular weight excluding hydrogens is 342 g/mol. The number of rotatable bonds is 6. The van der Waals surface area contributed by atoms with E-state index in [9.17, 15) is 9.90 Å². The van der Waals surface area contributed by atoms with E-state index >= 15 is 0 Å². The summed E-state index contributed by atoms with van der Waals surface area (Å²) in [6, 6.07) is 4.94. The van der Waals surface area contributed by atoms with Crippen LogP contribution in [0.15, 0.2) is 27.7 Å². The third kappa shape index (κ3) is 4.08. The zero-order valence-corrected chi connectivity index (χ0v) is 14.4. The van der Waals surface area contributed by atoms with Gasteiger partial charge in [0.2, 0.25) is 5.91 Å². The van der Waals surface area contributed by atoms with Crippen LogP contribution < -0.4 is 19.8 Å². The van der Waals surface area contributed by atoms with Gasteiger partial charge in [0.15, 0.2) is 13.0 Å². The van der Waals surface area contributed by atoms with Gasteiger partial charge >= 0.3 is 0 Å². The van der Waals surface area contributed by atoms with Crippen molar-refractivity contribution in [1.29, 1.82) is 0 Å². The third-order valence-electron chi connectivity index (χ3n) is 3.05. The summed E-state index contributed by atoms with van der Waals surface area (Å²) >= 11 is 7.05. The number of aryl methyl sites for hydroxylation is 1. The van der Waals surface area contributed by atoms with Gasteiger partial charge in [0.1, 0.15) is 5.75 Å². The van der Waals surface area contributed by atoms with Gasteiger partial charge < -0.3 is 19.7 Å². The fraction of sp³-hybridized carbons (Fsp3) is 0.357. The lowest BCUT2D eigenvalue weighted by Crippen LogP contribution is -2.34. The minimum Gasteiger partial charge on any atom is -0.538 e. The average Bonchev–Trinajstić information content (AvgIpc) is 2.84. The summed E-state index contributed by atoms with van der Waals surface area (Å²) in [5, 5.41) is 18.1. The molecule has 2 rings (SSSR count). The van der Waals surface area contributed by atoms with Gasteiger partial charge in [0.05, 0.1) is 23.3 Å². The van der Waals surface area contributed by atoms with Crippen molar-refractivity contribution in [3.05, 3.63) is 23.2 Å². The molecule has 1 N–H and O–H groups in total. The molecule has 0 aliphatic carbocycles. The Hall–Kier alpha value is -1.93. The number of thioether (sulfide) groups is 1. The first-order chi connectivity index (χ1) is 11.0. The molecule has 0 aliphatic heterocycles. The van der Waals surface area contributed by atoms with E-state index in [1.54, 1.807) is 25.2 Å². The first-order valence-electron chi connectivity index (χ1n) is 6.80. The fourth-order valence-corrected chi connectivity index (χ4v) is 2.97. The monoisotopic (exact) mass is 357 g/mol. The van der Waals surface area contributed by atoms with Gasteiger partial charge in [-0.1, -0.05) is 23.2 Å². The molecule has 7 nitrogen and oxygen atoms in total. The molecule has 23 heavy (non-hydrogen) atoms. The molecule has 0 aliphatic rings. The molecule has 0 spiro atoms. The SMILES string of the molecule is CCC(Sc1c([O-])on[n+]1C)C(=O)Nc1cc(Cl)ccc1OC. The van der Waals surface area contributed by atoms with Crippen molar-refractivity contribution in [2.45, 2.75) is 23.6 Å². The van der Waals surface area contributed by atoms with Crippen LogP contribution >= 0.6 is 23.4 Å². The molecule has 0 saturated carbocycles. The van der Waals surface area contributed by atoms with Gasteiger partial charge in [-0.05, 0) is 36.4 Å². The van der Waals surface area contributed by atoms with Crippen LogP contribution in [0.1, 0.15) is 13.3 Å². The standard InChI is InChI=1S/C14H16ClN3O4S/c1-4-11(23-13-14(20)22-17-18(13)2)12(19)16-9-7-8(15)5-6-10(9)21-3/h5-7,11H,4H2,1-3H3,(H-,16,17,19,20). The summed E-state index contributed by atoms with van der Waals surface area (Å²) in [4.78, 5) is 12.5. The zero-order valence-electron chi connectivity index (χ0n) is 12.8. The van der Waals surface area contributed by atoms with Crippen molar-refractivity contribution in [2.75, 3.05) is 12.4 Å². The number of hydrogen-bond acceptors (Lipinski definition) is 6. The topological polar surface area (TPSA) is 91.3 Å². The van der Waals surface area contributed by atoms with Crippen molar-refractivity contribution in [3.8, 4) is 11.7 Å². The van der Waals surface area contributed by atoms with Gasteiger partial charge in [-0.2, -0.15) is 0 Å². The molecule has 1 aromatic heterocycles. The molecule has 1 aromatic carbocycles. The lowest BCUT2D eigenvalue weighted by molar-refractivity contribution is -0.772. The van der Waals surface area contributed by atoms with E-state index < -0.39 is 11.2 Å². The van der Waals surface area contributed by atoms with Crippen molar-refractivity contribution < 1.29 is 23.8 Å². The Morgan fingerprint density at radius 2 is 2.35 bits per heavy atom. The average molecular weight is 358 g/mol. The summed E-state index contributed by atoms with van der Waals surface area (Å²) < 4.78 is 11.1. The Morgan fingerprint density at radius 1 is 1.61 bits per heavy atom. The molecule has 9 heteroatoms. The first-order valence-corrected chi connectivity index (χ1v) is 8.06. The highest BCUT2D eigenvalue weighted by atomic mass is 35.5. The van der Waals surface area contributed by atoms with Crippen molar-refractivity contribution in [1.82, 2.24) is 5.27 Å². The second-order valence-corrected chi connectivity index (χ2v) is 6.27. The number of nitrogens with zero attached hydrogens (tertiary/aromatic N) is 2. The molecule has 1 unspecified atom stereocenters. The molecule has 1 heterocycles. The number of benzene rings is 1. The van der Waals surface area contributed by atoms with Gasteiger partial charge in [-0.15, -0.1) is 0 Å². The second kappa shape index (κ2) is 7.56. The van der Waals surface area contributed by atoms with Crippen LogP contribution in [0.5, 0.6) is 11.7 Å². The number of methoxy groups -OCH3 is 1. The maximum atomic E-state index is 12.5. The normalized spacial score (nSPS) is 12.0. The Bertz CT molecular complexity index is 688. The number of aromatic nitrogens is 2. The van der Waals surface area contributed by atoms with Crippen LogP contribution in [0.25, 0.3) is 0 Å². The van der Waals surface area contributed by atoms with E-state index in [-0.39, 0.29) is 10.9 Å². The van der Waals surface area contributed by atoms with Crippen molar-refractivity contribution in [3.63, 3.8) is 0 Å². The van der Waals surface area contributed by atoms with E-state index in [0.717, 1.165) is 11.8 Å². The highest BCUT2D eigenvalue weighted by Crippen LogP contribution is 2.31. The van der Waals surface area contributed by atoms with Crippen LogP contribution in [-0.2, 0) is 11.8 Å². The zero-order chi connectivity index (χ0) is 17.0. The summed E-state index contributed by atoms with van der Waals surface area (Å²) in [5.41, 5.74) is 0.473. The molecule has 124 valence electrons. The third-order valence-corrected chi connectivity index (χ3v) is 4.77. The minimum atomic E-state index is -0.566. The first kappa shape index (κ1) is 17.4. The molecule has 1 amide bonds. The maximum Gasteiger partial charge on any atom is 0.291 e. The summed E-state index contributed by atoms with van der Waals surface area (Å²) in [6.45, 7) is 1.85. The summed E-state index contributed by atoms with van der Waals surface area (Å²) in [7, 11) is 3.09. The smallest absolute Gasteiger partial charge is 0.291 e. The lowest BCUT2D eigenvalue weighted by Gasteiger charge is -2.15. The molecule has 0 saturated heterocycles. The number of hydrogen-bond donors (Lipinski definition) is 1. The molecule has 0 fully saturated rings. The van der Waals surface area contributed by atoms with Gasteiger partial charge in [0, 0.05) is 5.02 Å². The van der Waals surface area contributed by atoms with Crippen LogP contribution in [0.4, 0.5) is 5.69 Å². The predicted molar refractivity (Wildman–Crippen MR) is 83.7 cm³/mol. The Kier molecular flexibility index (Phi) is 5.73. The Labute approximate surface area is 142 Å². The van der Waals surface area contributed by atoms with Crippen LogP contribution in [-0.4, -0.2) is 23.5 Å². The van der Waals surface area contributed by atoms with E-state index in [2.05, 4.69) is 15.1 Å². The van der Waals surface area contributed by atoms with Crippen molar-refractivity contribution >= 4 is 35.0 Å². The number of ether oxygens (including phenoxy) is 1. The minimum absolute atomic E-state index is 0.265. The number of amides is 1. The molecule has 2 aromatic rings. The largest absolute Gasteiger partial charge is 0.538 e. The van der Waals surface area contributed by atoms with Gasteiger partial charge in [-0.25, -0.2) is 0 Å². The van der Waals surface area contributed by atoms with Crippen LogP contribution in [0, 0.1) is 0 Å². The molecule has 0 radical (unpaired) electrons.